The fourth-order valence-electron chi connectivity index (χ4n) is 1.82. The van der Waals surface area contributed by atoms with E-state index >= 15 is 0 Å². The number of aliphatic hydroxyl groups excluding tert-OH is 1. The van der Waals surface area contributed by atoms with Gasteiger partial charge in [0.05, 0.1) is 0 Å². The smallest absolute Gasteiger partial charge is 0.258 e. The van der Waals surface area contributed by atoms with E-state index < -0.39 is 5.82 Å². The fraction of sp³-hybridized carbons (Fsp3) is 0.533. The summed E-state index contributed by atoms with van der Waals surface area (Å²) in [4.78, 5) is 11.8. The highest BCUT2D eigenvalue weighted by Gasteiger charge is 2.16. The molecule has 0 heterocycles. The normalized spacial score (nSPS) is 12.3. The number of ether oxygens (including phenoxy) is 1. The maximum Gasteiger partial charge on any atom is 0.258 e. The summed E-state index contributed by atoms with van der Waals surface area (Å²) in [7, 11) is 0. The van der Waals surface area contributed by atoms with Crippen LogP contribution >= 0.6 is 0 Å². The number of aliphatic hydroxyl groups is 1. The quantitative estimate of drug-likeness (QED) is 0.805. The number of rotatable bonds is 7. The zero-order valence-electron chi connectivity index (χ0n) is 12.1. The van der Waals surface area contributed by atoms with E-state index in [1.807, 2.05) is 20.8 Å². The highest BCUT2D eigenvalue weighted by molar-refractivity contribution is 5.77. The molecule has 1 amide bonds. The second-order valence-electron chi connectivity index (χ2n) is 5.15. The minimum atomic E-state index is -0.487. The maximum atomic E-state index is 13.4. The van der Waals surface area contributed by atoms with Crippen molar-refractivity contribution in [1.82, 2.24) is 5.32 Å². The second kappa shape index (κ2) is 7.85. The molecule has 0 aliphatic heterocycles. The van der Waals surface area contributed by atoms with Crippen LogP contribution in [-0.4, -0.2) is 30.3 Å². The Morgan fingerprint density at radius 3 is 2.75 bits per heavy atom. The largest absolute Gasteiger partial charge is 0.481 e. The highest BCUT2D eigenvalue weighted by Crippen LogP contribution is 2.18. The van der Waals surface area contributed by atoms with Gasteiger partial charge in [0.25, 0.3) is 5.91 Å². The van der Waals surface area contributed by atoms with Crippen LogP contribution in [0.1, 0.15) is 25.8 Å². The number of amides is 1. The first-order chi connectivity index (χ1) is 9.43. The summed E-state index contributed by atoms with van der Waals surface area (Å²) in [5.74, 6) is -0.526. The van der Waals surface area contributed by atoms with E-state index in [0.717, 1.165) is 5.56 Å². The van der Waals surface area contributed by atoms with Gasteiger partial charge in [0, 0.05) is 12.6 Å². The van der Waals surface area contributed by atoms with Crippen molar-refractivity contribution < 1.29 is 19.0 Å². The van der Waals surface area contributed by atoms with E-state index in [1.54, 1.807) is 12.1 Å². The molecule has 1 aromatic rings. The summed E-state index contributed by atoms with van der Waals surface area (Å²) in [5, 5.41) is 11.7. The Bertz CT molecular complexity index is 449. The maximum absolute atomic E-state index is 13.4. The lowest BCUT2D eigenvalue weighted by Gasteiger charge is -2.21. The van der Waals surface area contributed by atoms with E-state index in [-0.39, 0.29) is 36.8 Å². The van der Waals surface area contributed by atoms with Gasteiger partial charge in [-0.1, -0.05) is 19.9 Å². The lowest BCUT2D eigenvalue weighted by atomic mass is 10.0. The number of benzene rings is 1. The third-order valence-electron chi connectivity index (χ3n) is 3.04. The molecule has 0 spiro atoms. The number of carbonyl (C=O) groups is 1. The molecule has 1 atom stereocenters. The number of hydrogen-bond acceptors (Lipinski definition) is 3. The van der Waals surface area contributed by atoms with E-state index in [2.05, 4.69) is 5.32 Å². The summed E-state index contributed by atoms with van der Waals surface area (Å²) >= 11 is 0. The molecule has 0 radical (unpaired) electrons. The predicted octanol–water partition coefficient (Wildman–Crippen LogP) is 2.04. The fourth-order valence-corrected chi connectivity index (χ4v) is 1.82. The average molecular weight is 283 g/mol. The molecule has 0 aromatic heterocycles. The molecule has 1 aromatic carbocycles. The standard InChI is InChI=1S/C15H22FNO3/c1-10(2)13(6-7-18)17-15(19)9-20-14-8-11(3)4-5-12(14)16/h4-5,8,10,13,18H,6-7,9H2,1-3H3,(H,17,19). The molecule has 0 aliphatic rings. The topological polar surface area (TPSA) is 58.6 Å². The van der Waals surface area contributed by atoms with Crippen molar-refractivity contribution >= 4 is 5.91 Å². The minimum Gasteiger partial charge on any atom is -0.481 e. The van der Waals surface area contributed by atoms with Crippen molar-refractivity contribution in [1.29, 1.82) is 0 Å². The van der Waals surface area contributed by atoms with Gasteiger partial charge in [0.15, 0.2) is 18.2 Å². The van der Waals surface area contributed by atoms with Crippen molar-refractivity contribution in [3.05, 3.63) is 29.6 Å². The van der Waals surface area contributed by atoms with Crippen LogP contribution in [0.5, 0.6) is 5.75 Å². The lowest BCUT2D eigenvalue weighted by molar-refractivity contribution is -0.124. The third kappa shape index (κ3) is 5.17. The number of nitrogens with one attached hydrogen (secondary N) is 1. The molecule has 112 valence electrons. The molecule has 1 unspecified atom stereocenters. The summed E-state index contributed by atoms with van der Waals surface area (Å²) < 4.78 is 18.6. The van der Waals surface area contributed by atoms with Gasteiger partial charge in [0.1, 0.15) is 0 Å². The first-order valence-corrected chi connectivity index (χ1v) is 6.73. The first-order valence-electron chi connectivity index (χ1n) is 6.73. The van der Waals surface area contributed by atoms with Gasteiger partial charge in [-0.3, -0.25) is 4.79 Å². The van der Waals surface area contributed by atoms with Crippen molar-refractivity contribution in [3.63, 3.8) is 0 Å². The molecule has 0 saturated heterocycles. The summed E-state index contributed by atoms with van der Waals surface area (Å²) in [6.45, 7) is 5.51. The van der Waals surface area contributed by atoms with E-state index in [1.165, 1.54) is 6.07 Å². The predicted molar refractivity (Wildman–Crippen MR) is 75.1 cm³/mol. The van der Waals surface area contributed by atoms with Crippen LogP contribution in [0.3, 0.4) is 0 Å². The Morgan fingerprint density at radius 1 is 1.45 bits per heavy atom. The SMILES string of the molecule is Cc1ccc(F)c(OCC(=O)NC(CCO)C(C)C)c1. The average Bonchev–Trinajstić information content (AvgIpc) is 2.39. The zero-order valence-corrected chi connectivity index (χ0v) is 12.1. The number of hydrogen-bond donors (Lipinski definition) is 2. The number of carbonyl (C=O) groups excluding carboxylic acids is 1. The molecule has 20 heavy (non-hydrogen) atoms. The van der Waals surface area contributed by atoms with Gasteiger partial charge in [-0.15, -0.1) is 0 Å². The zero-order chi connectivity index (χ0) is 15.1. The molecule has 4 nitrogen and oxygen atoms in total. The Hall–Kier alpha value is -1.62. The van der Waals surface area contributed by atoms with Gasteiger partial charge in [-0.25, -0.2) is 4.39 Å². The molecule has 0 saturated carbocycles. The summed E-state index contributed by atoms with van der Waals surface area (Å²) in [5.41, 5.74) is 0.863. The first kappa shape index (κ1) is 16.4. The molecular weight excluding hydrogens is 261 g/mol. The van der Waals surface area contributed by atoms with Crippen molar-refractivity contribution in [3.8, 4) is 5.75 Å². The number of aryl methyl sites for hydroxylation is 1. The minimum absolute atomic E-state index is 0.0104. The Balaban J connectivity index is 2.52. The number of halogens is 1. The van der Waals surface area contributed by atoms with E-state index in [9.17, 15) is 9.18 Å². The molecule has 1 rings (SSSR count). The second-order valence-corrected chi connectivity index (χ2v) is 5.15. The van der Waals surface area contributed by atoms with Crippen LogP contribution in [0.15, 0.2) is 18.2 Å². The van der Waals surface area contributed by atoms with Crippen LogP contribution in [-0.2, 0) is 4.79 Å². The van der Waals surface area contributed by atoms with Crippen LogP contribution in [0.25, 0.3) is 0 Å². The molecule has 0 aliphatic carbocycles. The Morgan fingerprint density at radius 2 is 2.15 bits per heavy atom. The summed E-state index contributed by atoms with van der Waals surface area (Å²) in [6, 6.07) is 4.39. The van der Waals surface area contributed by atoms with Crippen molar-refractivity contribution in [2.24, 2.45) is 5.92 Å². The molecule has 0 fully saturated rings. The van der Waals surface area contributed by atoms with Crippen LogP contribution in [0.2, 0.25) is 0 Å². The van der Waals surface area contributed by atoms with Crippen molar-refractivity contribution in [2.45, 2.75) is 33.2 Å². The van der Waals surface area contributed by atoms with Gasteiger partial charge in [-0.05, 0) is 37.0 Å². The molecule has 2 N–H and O–H groups in total. The van der Waals surface area contributed by atoms with Gasteiger partial charge < -0.3 is 15.2 Å². The highest BCUT2D eigenvalue weighted by atomic mass is 19.1. The van der Waals surface area contributed by atoms with Crippen LogP contribution in [0.4, 0.5) is 4.39 Å². The van der Waals surface area contributed by atoms with Crippen LogP contribution < -0.4 is 10.1 Å². The van der Waals surface area contributed by atoms with E-state index in [4.69, 9.17) is 9.84 Å². The Labute approximate surface area is 119 Å². The van der Waals surface area contributed by atoms with Gasteiger partial charge in [0.2, 0.25) is 0 Å². The van der Waals surface area contributed by atoms with Crippen LogP contribution in [0, 0.1) is 18.7 Å². The third-order valence-corrected chi connectivity index (χ3v) is 3.04. The van der Waals surface area contributed by atoms with Gasteiger partial charge in [-0.2, -0.15) is 0 Å². The lowest BCUT2D eigenvalue weighted by Crippen LogP contribution is -2.41. The molecule has 5 heteroatoms. The molecule has 0 bridgehead atoms. The van der Waals surface area contributed by atoms with Gasteiger partial charge >= 0.3 is 0 Å². The van der Waals surface area contributed by atoms with Crippen molar-refractivity contribution in [2.75, 3.05) is 13.2 Å². The monoisotopic (exact) mass is 283 g/mol. The molecular formula is C15H22FNO3. The summed E-state index contributed by atoms with van der Waals surface area (Å²) in [6.07, 6.45) is 0.488. The Kier molecular flexibility index (Phi) is 6.45. The van der Waals surface area contributed by atoms with E-state index in [0.29, 0.717) is 6.42 Å².